The van der Waals surface area contributed by atoms with E-state index in [1.54, 1.807) is 11.1 Å². The molecule has 8 nitrogen and oxygen atoms in total. The van der Waals surface area contributed by atoms with Crippen LogP contribution in [0.25, 0.3) is 11.6 Å². The summed E-state index contributed by atoms with van der Waals surface area (Å²) in [5.74, 6) is 0.643. The molecule has 3 rings (SSSR count). The summed E-state index contributed by atoms with van der Waals surface area (Å²) in [4.78, 5) is 15.2. The molecule has 0 radical (unpaired) electrons. The van der Waals surface area contributed by atoms with Crippen molar-refractivity contribution >= 4 is 34.9 Å². The Bertz CT molecular complexity index is 1010. The van der Waals surface area contributed by atoms with Gasteiger partial charge >= 0.3 is 0 Å². The van der Waals surface area contributed by atoms with E-state index in [4.69, 9.17) is 5.73 Å². The molecule has 0 spiro atoms. The SMILES string of the molecule is CCN(CC)c1ccc(/C=C(\C#N)c2nc(N)nc(N3N=C(C)CC3(C)C)n2)cc1. The summed E-state index contributed by atoms with van der Waals surface area (Å²) in [6.07, 6.45) is 2.56. The van der Waals surface area contributed by atoms with Crippen molar-refractivity contribution in [3.63, 3.8) is 0 Å². The molecule has 2 heterocycles. The Morgan fingerprint density at radius 1 is 1.20 bits per heavy atom. The van der Waals surface area contributed by atoms with Crippen LogP contribution in [-0.2, 0) is 0 Å². The van der Waals surface area contributed by atoms with Crippen LogP contribution in [0.2, 0.25) is 0 Å². The van der Waals surface area contributed by atoms with Gasteiger partial charge in [0.2, 0.25) is 5.95 Å². The smallest absolute Gasteiger partial charge is 0.252 e. The molecule has 0 aliphatic carbocycles. The summed E-state index contributed by atoms with van der Waals surface area (Å²) in [7, 11) is 0. The van der Waals surface area contributed by atoms with Crippen LogP contribution in [0.3, 0.4) is 0 Å². The van der Waals surface area contributed by atoms with Gasteiger partial charge in [-0.1, -0.05) is 12.1 Å². The number of anilines is 3. The van der Waals surface area contributed by atoms with E-state index >= 15 is 0 Å². The summed E-state index contributed by atoms with van der Waals surface area (Å²) in [6, 6.07) is 10.2. The van der Waals surface area contributed by atoms with Gasteiger partial charge < -0.3 is 10.6 Å². The highest BCUT2D eigenvalue weighted by Gasteiger charge is 2.35. The second kappa shape index (κ2) is 8.49. The summed E-state index contributed by atoms with van der Waals surface area (Å²) in [5.41, 5.74) is 9.01. The summed E-state index contributed by atoms with van der Waals surface area (Å²) < 4.78 is 0. The maximum atomic E-state index is 9.74. The molecule has 1 aliphatic rings. The normalized spacial score (nSPS) is 15.7. The molecular weight excluding hydrogens is 376 g/mol. The molecule has 0 amide bonds. The van der Waals surface area contributed by atoms with Gasteiger partial charge in [0.05, 0.1) is 11.1 Å². The van der Waals surface area contributed by atoms with Crippen molar-refractivity contribution in [2.45, 2.75) is 46.6 Å². The number of benzene rings is 1. The van der Waals surface area contributed by atoms with Gasteiger partial charge in [0.15, 0.2) is 5.82 Å². The zero-order valence-electron chi connectivity index (χ0n) is 18.2. The Balaban J connectivity index is 1.96. The molecular formula is C22H28N8. The van der Waals surface area contributed by atoms with Crippen LogP contribution in [-0.4, -0.2) is 39.3 Å². The third kappa shape index (κ3) is 4.40. The fourth-order valence-electron chi connectivity index (χ4n) is 3.64. The Kier molecular flexibility index (Phi) is 6.01. The van der Waals surface area contributed by atoms with Crippen LogP contribution < -0.4 is 15.6 Å². The highest BCUT2D eigenvalue weighted by molar-refractivity contribution is 5.88. The summed E-state index contributed by atoms with van der Waals surface area (Å²) >= 11 is 0. The highest BCUT2D eigenvalue weighted by Crippen LogP contribution is 2.31. The molecule has 30 heavy (non-hydrogen) atoms. The van der Waals surface area contributed by atoms with Crippen LogP contribution in [0.4, 0.5) is 17.6 Å². The predicted molar refractivity (Wildman–Crippen MR) is 122 cm³/mol. The maximum Gasteiger partial charge on any atom is 0.252 e. The van der Waals surface area contributed by atoms with E-state index < -0.39 is 0 Å². The van der Waals surface area contributed by atoms with E-state index in [0.717, 1.165) is 36.5 Å². The minimum Gasteiger partial charge on any atom is -0.372 e. The first-order chi connectivity index (χ1) is 14.3. The maximum absolute atomic E-state index is 9.74. The number of nitrogen functional groups attached to an aromatic ring is 1. The first kappa shape index (κ1) is 21.2. The largest absolute Gasteiger partial charge is 0.372 e. The lowest BCUT2D eigenvalue weighted by atomic mass is 9.99. The third-order valence-electron chi connectivity index (χ3n) is 5.06. The minimum absolute atomic E-state index is 0.0589. The minimum atomic E-state index is -0.272. The number of allylic oxidation sites excluding steroid dienone is 1. The molecule has 2 aromatic rings. The number of hydrogen-bond acceptors (Lipinski definition) is 8. The van der Waals surface area contributed by atoms with Crippen LogP contribution in [0.15, 0.2) is 29.4 Å². The van der Waals surface area contributed by atoms with Crippen LogP contribution in [0.1, 0.15) is 52.4 Å². The molecule has 0 saturated heterocycles. The number of hydrogen-bond donors (Lipinski definition) is 1. The van der Waals surface area contributed by atoms with E-state index in [1.165, 1.54) is 0 Å². The van der Waals surface area contributed by atoms with Crippen molar-refractivity contribution in [2.24, 2.45) is 5.10 Å². The van der Waals surface area contributed by atoms with Crippen LogP contribution >= 0.6 is 0 Å². The molecule has 156 valence electrons. The standard InChI is InChI=1S/C22H28N8/c1-6-29(7-2)18-10-8-16(9-11-18)12-17(14-23)19-25-20(24)27-21(26-19)30-22(4,5)13-15(3)28-30/h8-12H,6-7,13H2,1-5H3,(H2,24,25,26,27)/b17-12+. The van der Waals surface area contributed by atoms with Gasteiger partial charge in [-0.15, -0.1) is 0 Å². The fraction of sp³-hybridized carbons (Fsp3) is 0.409. The molecule has 0 fully saturated rings. The number of hydrazone groups is 1. The van der Waals surface area contributed by atoms with E-state index in [2.05, 4.69) is 58.7 Å². The van der Waals surface area contributed by atoms with E-state index in [1.807, 2.05) is 31.2 Å². The molecule has 1 aromatic heterocycles. The average molecular weight is 405 g/mol. The van der Waals surface area contributed by atoms with Gasteiger partial charge in [-0.05, 0) is 58.4 Å². The Hall–Kier alpha value is -3.47. The van der Waals surface area contributed by atoms with Crippen molar-refractivity contribution in [1.82, 2.24) is 15.0 Å². The van der Waals surface area contributed by atoms with Crippen LogP contribution in [0, 0.1) is 11.3 Å². The molecule has 0 bridgehead atoms. The average Bonchev–Trinajstić information content (AvgIpc) is 2.99. The highest BCUT2D eigenvalue weighted by atomic mass is 15.6. The topological polar surface area (TPSA) is 107 Å². The van der Waals surface area contributed by atoms with Gasteiger partial charge in [0.1, 0.15) is 6.07 Å². The molecule has 0 saturated carbocycles. The fourth-order valence-corrected chi connectivity index (χ4v) is 3.64. The zero-order chi connectivity index (χ0) is 21.9. The number of aromatic nitrogens is 3. The lowest BCUT2D eigenvalue weighted by Crippen LogP contribution is -2.37. The van der Waals surface area contributed by atoms with Gasteiger partial charge in [-0.25, -0.2) is 5.01 Å². The lowest BCUT2D eigenvalue weighted by molar-refractivity contribution is 0.505. The third-order valence-corrected chi connectivity index (χ3v) is 5.06. The van der Waals surface area contributed by atoms with Crippen molar-refractivity contribution in [1.29, 1.82) is 5.26 Å². The Morgan fingerprint density at radius 2 is 1.87 bits per heavy atom. The number of nitrogens with zero attached hydrogens (tertiary/aromatic N) is 7. The monoisotopic (exact) mass is 404 g/mol. The number of nitriles is 1. The zero-order valence-corrected chi connectivity index (χ0v) is 18.2. The van der Waals surface area contributed by atoms with Gasteiger partial charge in [-0.2, -0.15) is 25.3 Å². The number of rotatable bonds is 6. The first-order valence-electron chi connectivity index (χ1n) is 10.1. The van der Waals surface area contributed by atoms with Crippen molar-refractivity contribution in [3.8, 4) is 6.07 Å². The second-order valence-corrected chi connectivity index (χ2v) is 7.89. The van der Waals surface area contributed by atoms with Crippen molar-refractivity contribution in [2.75, 3.05) is 28.7 Å². The summed E-state index contributed by atoms with van der Waals surface area (Å²) in [6.45, 7) is 12.2. The molecule has 2 N–H and O–H groups in total. The van der Waals surface area contributed by atoms with Gasteiger partial charge in [0.25, 0.3) is 5.95 Å². The van der Waals surface area contributed by atoms with E-state index in [9.17, 15) is 5.26 Å². The van der Waals surface area contributed by atoms with E-state index in [-0.39, 0.29) is 17.3 Å². The molecule has 1 aromatic carbocycles. The predicted octanol–water partition coefficient (Wildman–Crippen LogP) is 3.73. The van der Waals surface area contributed by atoms with Crippen molar-refractivity contribution < 1.29 is 0 Å². The first-order valence-corrected chi connectivity index (χ1v) is 10.1. The molecule has 1 aliphatic heterocycles. The lowest BCUT2D eigenvalue weighted by Gasteiger charge is -2.28. The quantitative estimate of drug-likeness (QED) is 0.731. The van der Waals surface area contributed by atoms with Crippen molar-refractivity contribution in [3.05, 3.63) is 35.7 Å². The Morgan fingerprint density at radius 3 is 2.40 bits per heavy atom. The summed E-state index contributed by atoms with van der Waals surface area (Å²) in [5, 5.41) is 16.0. The van der Waals surface area contributed by atoms with Gasteiger partial charge in [-0.3, -0.25) is 0 Å². The molecule has 0 atom stereocenters. The van der Waals surface area contributed by atoms with Crippen LogP contribution in [0.5, 0.6) is 0 Å². The number of nitrogens with two attached hydrogens (primary N) is 1. The Labute approximate surface area is 177 Å². The van der Waals surface area contributed by atoms with Gasteiger partial charge in [0, 0.05) is 30.9 Å². The molecule has 0 unspecified atom stereocenters. The van der Waals surface area contributed by atoms with E-state index in [0.29, 0.717) is 11.5 Å². The second-order valence-electron chi connectivity index (χ2n) is 7.89. The molecule has 8 heteroatoms.